The zero-order valence-electron chi connectivity index (χ0n) is 30.9. The Kier molecular flexibility index (Phi) is 6.84. The van der Waals surface area contributed by atoms with Crippen LogP contribution in [0.25, 0.3) is 89.1 Å². The lowest BCUT2D eigenvalue weighted by Crippen LogP contribution is -2.26. The summed E-state index contributed by atoms with van der Waals surface area (Å²) >= 11 is 0. The summed E-state index contributed by atoms with van der Waals surface area (Å²) < 4.78 is 0. The van der Waals surface area contributed by atoms with E-state index in [1.165, 1.54) is 71.6 Å². The number of hydrogen-bond acceptors (Lipinski definition) is 3. The Balaban J connectivity index is 1.14. The molecular weight excluding hydrogens is 691 g/mol. The van der Waals surface area contributed by atoms with Crippen LogP contribution in [-0.2, 0) is 5.41 Å². The third kappa shape index (κ3) is 4.57. The predicted molar refractivity (Wildman–Crippen MR) is 233 cm³/mol. The molecule has 1 spiro atoms. The van der Waals surface area contributed by atoms with Crippen molar-refractivity contribution in [2.45, 2.75) is 5.41 Å². The van der Waals surface area contributed by atoms with Crippen molar-refractivity contribution in [2.75, 3.05) is 0 Å². The third-order valence-electron chi connectivity index (χ3n) is 12.1. The molecule has 0 radical (unpaired) electrons. The van der Waals surface area contributed by atoms with Gasteiger partial charge >= 0.3 is 0 Å². The van der Waals surface area contributed by atoms with Crippen molar-refractivity contribution in [1.82, 2.24) is 15.0 Å². The number of benzene rings is 9. The lowest BCUT2D eigenvalue weighted by molar-refractivity contribution is 0.795. The van der Waals surface area contributed by atoms with Crippen molar-refractivity contribution in [2.24, 2.45) is 0 Å². The molecule has 0 N–H and O–H groups in total. The molecule has 2 aliphatic rings. The van der Waals surface area contributed by atoms with E-state index >= 15 is 0 Å². The van der Waals surface area contributed by atoms with E-state index in [0.29, 0.717) is 17.5 Å². The second-order valence-corrected chi connectivity index (χ2v) is 15.1. The first-order chi connectivity index (χ1) is 28.3. The van der Waals surface area contributed by atoms with Gasteiger partial charge in [-0.1, -0.05) is 188 Å². The Bertz CT molecular complexity index is 3140. The van der Waals surface area contributed by atoms with Crippen molar-refractivity contribution in [1.29, 1.82) is 0 Å². The van der Waals surface area contributed by atoms with Crippen molar-refractivity contribution in [3.05, 3.63) is 222 Å². The molecule has 0 amide bonds. The molecule has 264 valence electrons. The van der Waals surface area contributed by atoms with Gasteiger partial charge < -0.3 is 0 Å². The average molecular weight is 724 g/mol. The predicted octanol–water partition coefficient (Wildman–Crippen LogP) is 13.2. The number of rotatable bonds is 4. The molecule has 0 saturated heterocycles. The fraction of sp³-hybridized carbons (Fsp3) is 0.0185. The smallest absolute Gasteiger partial charge is 0.164 e. The Morgan fingerprint density at radius 1 is 0.281 bits per heavy atom. The minimum absolute atomic E-state index is 0.484. The van der Waals surface area contributed by atoms with Gasteiger partial charge in [-0.2, -0.15) is 0 Å². The van der Waals surface area contributed by atoms with Crippen LogP contribution in [0.1, 0.15) is 22.3 Å². The van der Waals surface area contributed by atoms with Crippen LogP contribution in [0, 0.1) is 0 Å². The van der Waals surface area contributed by atoms with Crippen LogP contribution in [0.3, 0.4) is 0 Å². The topological polar surface area (TPSA) is 38.7 Å². The van der Waals surface area contributed by atoms with Gasteiger partial charge in [-0.25, -0.2) is 15.0 Å². The van der Waals surface area contributed by atoms with E-state index in [-0.39, 0.29) is 0 Å². The number of nitrogens with zero attached hydrogens (tertiary/aromatic N) is 3. The second kappa shape index (κ2) is 12.3. The average Bonchev–Trinajstić information content (AvgIpc) is 3.77. The molecule has 1 heterocycles. The quantitative estimate of drug-likeness (QED) is 0.181. The number of fused-ring (bicyclic) bond motifs is 14. The molecule has 0 fully saturated rings. The number of aromatic nitrogens is 3. The maximum atomic E-state index is 5.10. The van der Waals surface area contributed by atoms with Crippen LogP contribution in [0.15, 0.2) is 200 Å². The normalized spacial score (nSPS) is 13.1. The van der Waals surface area contributed by atoms with Gasteiger partial charge in [0.1, 0.15) is 0 Å². The lowest BCUT2D eigenvalue weighted by atomic mass is 9.70. The highest BCUT2D eigenvalue weighted by Crippen LogP contribution is 2.65. The summed E-state index contributed by atoms with van der Waals surface area (Å²) in [7, 11) is 0. The largest absolute Gasteiger partial charge is 0.208 e. The van der Waals surface area contributed by atoms with E-state index in [9.17, 15) is 0 Å². The van der Waals surface area contributed by atoms with Crippen LogP contribution in [-0.4, -0.2) is 15.0 Å². The van der Waals surface area contributed by atoms with Crippen molar-refractivity contribution >= 4 is 21.5 Å². The SMILES string of the molecule is c1ccc(-c2nc(-c3ccccc3)nc(-c3cccc(-c4cc5c(c6ccccc46)-c4c(ccc6ccccc46)C54c5ccccc5-c5ccccc54)c3)n2)cc1. The van der Waals surface area contributed by atoms with E-state index in [1.807, 2.05) is 36.4 Å². The zero-order chi connectivity index (χ0) is 37.5. The summed E-state index contributed by atoms with van der Waals surface area (Å²) in [6.07, 6.45) is 0. The Hall–Kier alpha value is -7.49. The Morgan fingerprint density at radius 2 is 0.772 bits per heavy atom. The molecule has 3 heteroatoms. The van der Waals surface area contributed by atoms with E-state index in [0.717, 1.165) is 22.3 Å². The van der Waals surface area contributed by atoms with Gasteiger partial charge in [0.05, 0.1) is 5.41 Å². The summed E-state index contributed by atoms with van der Waals surface area (Å²) in [5.74, 6) is 1.95. The summed E-state index contributed by atoms with van der Waals surface area (Å²) in [6, 6.07) is 72.2. The monoisotopic (exact) mass is 723 g/mol. The molecule has 12 rings (SSSR count). The van der Waals surface area contributed by atoms with Gasteiger partial charge in [0.25, 0.3) is 0 Å². The summed E-state index contributed by atoms with van der Waals surface area (Å²) in [6.45, 7) is 0. The van der Waals surface area contributed by atoms with E-state index in [4.69, 9.17) is 15.0 Å². The molecule has 0 atom stereocenters. The first kappa shape index (κ1) is 31.8. The minimum atomic E-state index is -0.484. The molecule has 57 heavy (non-hydrogen) atoms. The van der Waals surface area contributed by atoms with Crippen molar-refractivity contribution in [3.8, 4) is 67.5 Å². The van der Waals surface area contributed by atoms with Gasteiger partial charge in [0, 0.05) is 16.7 Å². The minimum Gasteiger partial charge on any atom is -0.208 e. The van der Waals surface area contributed by atoms with Crippen LogP contribution in [0.5, 0.6) is 0 Å². The molecule has 0 aliphatic heterocycles. The van der Waals surface area contributed by atoms with Crippen LogP contribution in [0.2, 0.25) is 0 Å². The van der Waals surface area contributed by atoms with Crippen molar-refractivity contribution < 1.29 is 0 Å². The fourth-order valence-corrected chi connectivity index (χ4v) is 9.76. The van der Waals surface area contributed by atoms with Gasteiger partial charge in [-0.05, 0) is 89.3 Å². The zero-order valence-corrected chi connectivity index (χ0v) is 30.9. The summed E-state index contributed by atoms with van der Waals surface area (Å²) in [4.78, 5) is 15.1. The standard InChI is InChI=1S/C54H33N3/c1-3-17-35(18-4-1)51-55-52(36-19-5-2-6-20-36)57-53(56-51)38-22-15-21-37(32-38)44-33-48-50(43-27-10-9-24-40(43)44)49-39-23-8-7-16-34(39)30-31-47(49)54(48)45-28-13-11-25-41(45)42-26-12-14-29-46(42)54/h1-33H. The fourth-order valence-electron chi connectivity index (χ4n) is 9.76. The first-order valence-corrected chi connectivity index (χ1v) is 19.5. The van der Waals surface area contributed by atoms with Crippen LogP contribution in [0.4, 0.5) is 0 Å². The van der Waals surface area contributed by atoms with Gasteiger partial charge in [-0.15, -0.1) is 0 Å². The molecule has 10 aromatic rings. The summed E-state index contributed by atoms with van der Waals surface area (Å²) in [5, 5.41) is 5.01. The molecule has 0 bridgehead atoms. The lowest BCUT2D eigenvalue weighted by Gasteiger charge is -2.31. The van der Waals surface area contributed by atoms with Crippen molar-refractivity contribution in [3.63, 3.8) is 0 Å². The maximum absolute atomic E-state index is 5.10. The Labute approximate surface area is 330 Å². The maximum Gasteiger partial charge on any atom is 0.164 e. The second-order valence-electron chi connectivity index (χ2n) is 15.1. The summed E-state index contributed by atoms with van der Waals surface area (Å²) in [5.41, 5.74) is 15.3. The van der Waals surface area contributed by atoms with Crippen LogP contribution < -0.4 is 0 Å². The highest BCUT2D eigenvalue weighted by molar-refractivity contribution is 6.16. The molecule has 0 unspecified atom stereocenters. The number of hydrogen-bond donors (Lipinski definition) is 0. The molecule has 3 nitrogen and oxygen atoms in total. The van der Waals surface area contributed by atoms with Gasteiger partial charge in [-0.3, -0.25) is 0 Å². The third-order valence-corrected chi connectivity index (χ3v) is 12.1. The Morgan fingerprint density at radius 3 is 1.44 bits per heavy atom. The highest BCUT2D eigenvalue weighted by Gasteiger charge is 2.52. The molecule has 2 aliphatic carbocycles. The van der Waals surface area contributed by atoms with Gasteiger partial charge in [0.2, 0.25) is 0 Å². The van der Waals surface area contributed by atoms with E-state index in [2.05, 4.69) is 164 Å². The first-order valence-electron chi connectivity index (χ1n) is 19.5. The molecule has 0 saturated carbocycles. The van der Waals surface area contributed by atoms with E-state index in [1.54, 1.807) is 0 Å². The molecular formula is C54H33N3. The molecule has 9 aromatic carbocycles. The molecule has 1 aromatic heterocycles. The highest BCUT2D eigenvalue weighted by atomic mass is 15.0. The van der Waals surface area contributed by atoms with E-state index < -0.39 is 5.41 Å². The van der Waals surface area contributed by atoms with Gasteiger partial charge in [0.15, 0.2) is 17.5 Å². The van der Waals surface area contributed by atoms with Crippen LogP contribution >= 0.6 is 0 Å².